The van der Waals surface area contributed by atoms with E-state index < -0.39 is 11.5 Å². The first-order valence-corrected chi connectivity index (χ1v) is 5.84. The third-order valence-electron chi connectivity index (χ3n) is 2.25. The van der Waals surface area contributed by atoms with Crippen molar-refractivity contribution in [2.75, 3.05) is 6.61 Å². The molecular formula is C11H8Cl2N2O3. The van der Waals surface area contributed by atoms with Gasteiger partial charge in [-0.25, -0.2) is 9.78 Å². The summed E-state index contributed by atoms with van der Waals surface area (Å²) >= 11 is 11.8. The number of fused-ring (bicyclic) bond motifs is 1. The Labute approximate surface area is 112 Å². The van der Waals surface area contributed by atoms with Gasteiger partial charge in [-0.3, -0.25) is 4.79 Å². The number of H-pyrrole nitrogens is 1. The molecule has 0 atom stereocenters. The van der Waals surface area contributed by atoms with Crippen LogP contribution in [0, 0.1) is 0 Å². The number of aromatic amines is 1. The lowest BCUT2D eigenvalue weighted by molar-refractivity contribution is 0.0524. The fourth-order valence-electron chi connectivity index (χ4n) is 1.50. The minimum Gasteiger partial charge on any atom is -0.462 e. The molecule has 0 saturated heterocycles. The highest BCUT2D eigenvalue weighted by Gasteiger charge is 2.19. The Kier molecular flexibility index (Phi) is 3.54. The van der Waals surface area contributed by atoms with Crippen LogP contribution in [0.4, 0.5) is 0 Å². The third-order valence-corrected chi connectivity index (χ3v) is 2.85. The lowest BCUT2D eigenvalue weighted by Gasteiger charge is -2.06. The van der Waals surface area contributed by atoms with Gasteiger partial charge in [0.15, 0.2) is 0 Å². The monoisotopic (exact) mass is 286 g/mol. The van der Waals surface area contributed by atoms with Gasteiger partial charge in [0.25, 0.3) is 5.56 Å². The van der Waals surface area contributed by atoms with Gasteiger partial charge in [0.1, 0.15) is 11.2 Å². The lowest BCUT2D eigenvalue weighted by atomic mass is 10.2. The van der Waals surface area contributed by atoms with E-state index in [1.54, 1.807) is 6.92 Å². The van der Waals surface area contributed by atoms with Gasteiger partial charge in [-0.2, -0.15) is 0 Å². The van der Waals surface area contributed by atoms with E-state index in [1.165, 1.54) is 12.3 Å². The summed E-state index contributed by atoms with van der Waals surface area (Å²) in [6, 6.07) is 1.52. The van der Waals surface area contributed by atoms with Crippen LogP contribution in [0.3, 0.4) is 0 Å². The zero-order chi connectivity index (χ0) is 13.3. The van der Waals surface area contributed by atoms with Crippen LogP contribution < -0.4 is 5.56 Å². The van der Waals surface area contributed by atoms with Crippen LogP contribution in [0.15, 0.2) is 17.1 Å². The number of nitrogens with zero attached hydrogens (tertiary/aromatic N) is 1. The summed E-state index contributed by atoms with van der Waals surface area (Å²) in [6.07, 6.45) is 1.38. The molecule has 2 rings (SSSR count). The maximum absolute atomic E-state index is 11.7. The van der Waals surface area contributed by atoms with Crippen LogP contribution in [-0.2, 0) is 4.74 Å². The van der Waals surface area contributed by atoms with Crippen LogP contribution in [0.2, 0.25) is 10.0 Å². The molecule has 2 aromatic rings. The number of esters is 1. The van der Waals surface area contributed by atoms with Crippen LogP contribution in [0.5, 0.6) is 0 Å². The largest absolute Gasteiger partial charge is 0.462 e. The Balaban J connectivity index is 2.75. The minimum absolute atomic E-state index is 0.0119. The van der Waals surface area contributed by atoms with Crippen molar-refractivity contribution >= 4 is 40.2 Å². The van der Waals surface area contributed by atoms with Gasteiger partial charge >= 0.3 is 5.97 Å². The molecule has 0 amide bonds. The molecule has 0 aliphatic carbocycles. The molecule has 0 saturated carbocycles. The Morgan fingerprint density at radius 1 is 1.50 bits per heavy atom. The predicted octanol–water partition coefficient (Wildman–Crippen LogP) is 2.41. The van der Waals surface area contributed by atoms with Gasteiger partial charge in [-0.15, -0.1) is 0 Å². The van der Waals surface area contributed by atoms with Crippen molar-refractivity contribution in [2.24, 2.45) is 0 Å². The molecule has 0 unspecified atom stereocenters. The quantitative estimate of drug-likeness (QED) is 0.861. The molecule has 2 heterocycles. The zero-order valence-electron chi connectivity index (χ0n) is 9.29. The Morgan fingerprint density at radius 2 is 2.22 bits per heavy atom. The Morgan fingerprint density at radius 3 is 2.89 bits per heavy atom. The summed E-state index contributed by atoms with van der Waals surface area (Å²) in [5.74, 6) is -0.773. The van der Waals surface area contributed by atoms with E-state index in [0.717, 1.165) is 0 Å². The number of carbonyl (C=O) groups excluding carboxylic acids is 1. The number of halogens is 2. The number of pyridine rings is 2. The van der Waals surface area contributed by atoms with Crippen LogP contribution in [0.25, 0.3) is 11.0 Å². The SMILES string of the molecule is CCOC(=O)c1c(Cl)c2cc(Cl)cnc2[nH]c1=O. The normalized spacial score (nSPS) is 10.6. The van der Waals surface area contributed by atoms with E-state index in [0.29, 0.717) is 10.4 Å². The molecule has 1 N–H and O–H groups in total. The molecule has 2 aromatic heterocycles. The lowest BCUT2D eigenvalue weighted by Crippen LogP contribution is -2.21. The number of rotatable bonds is 2. The average Bonchev–Trinajstić information content (AvgIpc) is 2.31. The molecule has 0 fully saturated rings. The fourth-order valence-corrected chi connectivity index (χ4v) is 1.96. The summed E-state index contributed by atoms with van der Waals surface area (Å²) in [5.41, 5.74) is -0.613. The van der Waals surface area contributed by atoms with Gasteiger partial charge in [-0.1, -0.05) is 23.2 Å². The van der Waals surface area contributed by atoms with Crippen molar-refractivity contribution in [3.05, 3.63) is 38.2 Å². The second-order valence-electron chi connectivity index (χ2n) is 3.41. The highest BCUT2D eigenvalue weighted by Crippen LogP contribution is 2.25. The van der Waals surface area contributed by atoms with E-state index in [9.17, 15) is 9.59 Å². The van der Waals surface area contributed by atoms with E-state index in [4.69, 9.17) is 27.9 Å². The molecule has 0 aliphatic rings. The van der Waals surface area contributed by atoms with Crippen LogP contribution in [-0.4, -0.2) is 22.5 Å². The van der Waals surface area contributed by atoms with Crippen LogP contribution >= 0.6 is 23.2 Å². The molecule has 94 valence electrons. The summed E-state index contributed by atoms with van der Waals surface area (Å²) in [4.78, 5) is 29.8. The topological polar surface area (TPSA) is 72.0 Å². The Hall–Kier alpha value is -1.59. The van der Waals surface area contributed by atoms with E-state index in [-0.39, 0.29) is 22.8 Å². The summed E-state index contributed by atoms with van der Waals surface area (Å²) in [7, 11) is 0. The number of carbonyl (C=O) groups is 1. The smallest absolute Gasteiger partial charge is 0.345 e. The Bertz CT molecular complexity index is 682. The summed E-state index contributed by atoms with van der Waals surface area (Å²) in [6.45, 7) is 1.79. The summed E-state index contributed by atoms with van der Waals surface area (Å²) in [5, 5.41) is 0.736. The molecule has 7 heteroatoms. The van der Waals surface area contributed by atoms with Crippen molar-refractivity contribution in [3.8, 4) is 0 Å². The second kappa shape index (κ2) is 4.96. The first-order valence-electron chi connectivity index (χ1n) is 5.08. The number of hydrogen-bond acceptors (Lipinski definition) is 4. The fraction of sp³-hybridized carbons (Fsp3) is 0.182. The summed E-state index contributed by atoms with van der Waals surface area (Å²) < 4.78 is 4.77. The van der Waals surface area contributed by atoms with Crippen molar-refractivity contribution in [2.45, 2.75) is 6.92 Å². The number of ether oxygens (including phenoxy) is 1. The molecule has 0 aliphatic heterocycles. The maximum atomic E-state index is 11.7. The molecule has 0 spiro atoms. The van der Waals surface area contributed by atoms with Crippen molar-refractivity contribution in [1.29, 1.82) is 0 Å². The predicted molar refractivity (Wildman–Crippen MR) is 68.3 cm³/mol. The van der Waals surface area contributed by atoms with Gasteiger partial charge in [0, 0.05) is 11.6 Å². The number of aromatic nitrogens is 2. The van der Waals surface area contributed by atoms with E-state index >= 15 is 0 Å². The molecule has 0 radical (unpaired) electrons. The third kappa shape index (κ3) is 2.19. The van der Waals surface area contributed by atoms with Gasteiger partial charge in [-0.05, 0) is 13.0 Å². The highest BCUT2D eigenvalue weighted by molar-refractivity contribution is 6.38. The molecule has 0 aromatic carbocycles. The highest BCUT2D eigenvalue weighted by atomic mass is 35.5. The van der Waals surface area contributed by atoms with Gasteiger partial charge < -0.3 is 9.72 Å². The van der Waals surface area contributed by atoms with E-state index in [1.807, 2.05) is 0 Å². The number of nitrogens with one attached hydrogen (secondary N) is 1. The number of hydrogen-bond donors (Lipinski definition) is 1. The molecule has 18 heavy (non-hydrogen) atoms. The average molecular weight is 287 g/mol. The maximum Gasteiger partial charge on any atom is 0.345 e. The van der Waals surface area contributed by atoms with Crippen molar-refractivity contribution in [1.82, 2.24) is 9.97 Å². The second-order valence-corrected chi connectivity index (χ2v) is 4.23. The molecule has 5 nitrogen and oxygen atoms in total. The van der Waals surface area contributed by atoms with Crippen molar-refractivity contribution < 1.29 is 9.53 Å². The first-order chi connectivity index (χ1) is 8.54. The zero-order valence-corrected chi connectivity index (χ0v) is 10.8. The van der Waals surface area contributed by atoms with E-state index in [2.05, 4.69) is 9.97 Å². The van der Waals surface area contributed by atoms with Crippen molar-refractivity contribution in [3.63, 3.8) is 0 Å². The molecule has 0 bridgehead atoms. The van der Waals surface area contributed by atoms with Gasteiger partial charge in [0.05, 0.1) is 16.7 Å². The standard InChI is InChI=1S/C11H8Cl2N2O3/c1-2-18-11(17)7-8(13)6-3-5(12)4-14-9(6)15-10(7)16/h3-4H,2H2,1H3,(H,14,15,16). The van der Waals surface area contributed by atoms with Gasteiger partial charge in [0.2, 0.25) is 0 Å². The first kappa shape index (κ1) is 12.9. The molecular weight excluding hydrogens is 279 g/mol. The van der Waals surface area contributed by atoms with Crippen LogP contribution in [0.1, 0.15) is 17.3 Å². The minimum atomic E-state index is -0.773.